The van der Waals surface area contributed by atoms with Crippen molar-refractivity contribution >= 4 is 29.0 Å². The molecule has 2 aromatic rings. The molecule has 7 nitrogen and oxygen atoms in total. The Balaban J connectivity index is 1.93. The first-order valence-electron chi connectivity index (χ1n) is 7.38. The number of ether oxygens (including phenoxy) is 1. The second-order valence-electron chi connectivity index (χ2n) is 4.92. The van der Waals surface area contributed by atoms with Crippen molar-refractivity contribution in [3.8, 4) is 0 Å². The Hall–Kier alpha value is -2.67. The minimum Gasteiger partial charge on any atom is -0.385 e. The molecule has 0 saturated heterocycles. The molecule has 0 aliphatic rings. The Morgan fingerprint density at radius 2 is 1.91 bits per heavy atom. The summed E-state index contributed by atoms with van der Waals surface area (Å²) in [6, 6.07) is 9.20. The van der Waals surface area contributed by atoms with Gasteiger partial charge >= 0.3 is 0 Å². The number of rotatable bonds is 8. The molecule has 1 aromatic carbocycles. The van der Waals surface area contributed by atoms with E-state index in [0.717, 1.165) is 24.3 Å². The lowest BCUT2D eigenvalue weighted by molar-refractivity contribution is -0.114. The average molecular weight is 315 g/mol. The Morgan fingerprint density at radius 3 is 2.61 bits per heavy atom. The molecule has 1 heterocycles. The summed E-state index contributed by atoms with van der Waals surface area (Å²) >= 11 is 0. The molecule has 2 rings (SSSR count). The van der Waals surface area contributed by atoms with E-state index in [-0.39, 0.29) is 5.91 Å². The first kappa shape index (κ1) is 16.7. The first-order chi connectivity index (χ1) is 11.2. The van der Waals surface area contributed by atoms with Crippen molar-refractivity contribution in [2.24, 2.45) is 0 Å². The van der Waals surface area contributed by atoms with E-state index in [4.69, 9.17) is 4.74 Å². The van der Waals surface area contributed by atoms with Crippen molar-refractivity contribution in [1.29, 1.82) is 0 Å². The fourth-order valence-electron chi connectivity index (χ4n) is 1.92. The second kappa shape index (κ2) is 8.70. The summed E-state index contributed by atoms with van der Waals surface area (Å²) in [5, 5.41) is 9.07. The molecule has 0 radical (unpaired) electrons. The molecular weight excluding hydrogens is 294 g/mol. The van der Waals surface area contributed by atoms with Crippen LogP contribution in [-0.4, -0.2) is 36.1 Å². The summed E-state index contributed by atoms with van der Waals surface area (Å²) < 4.78 is 5.00. The molecule has 1 aromatic heterocycles. The highest BCUT2D eigenvalue weighted by atomic mass is 16.5. The lowest BCUT2D eigenvalue weighted by Crippen LogP contribution is -2.08. The number of carbonyl (C=O) groups excluding carboxylic acids is 1. The highest BCUT2D eigenvalue weighted by molar-refractivity contribution is 5.88. The number of aromatic nitrogens is 2. The maximum atomic E-state index is 11.0. The number of hydrogen-bond donors (Lipinski definition) is 3. The third kappa shape index (κ3) is 5.91. The predicted molar refractivity (Wildman–Crippen MR) is 91.0 cm³/mol. The summed E-state index contributed by atoms with van der Waals surface area (Å²) in [7, 11) is 1.68. The largest absolute Gasteiger partial charge is 0.385 e. The average Bonchev–Trinajstić information content (AvgIpc) is 2.53. The summed E-state index contributed by atoms with van der Waals surface area (Å²) in [6.07, 6.45) is 2.59. The zero-order valence-corrected chi connectivity index (χ0v) is 13.3. The van der Waals surface area contributed by atoms with Crippen LogP contribution < -0.4 is 16.0 Å². The van der Waals surface area contributed by atoms with E-state index in [1.807, 2.05) is 24.3 Å². The van der Waals surface area contributed by atoms with Crippen LogP contribution in [0.15, 0.2) is 36.5 Å². The highest BCUT2D eigenvalue weighted by Gasteiger charge is 2.01. The van der Waals surface area contributed by atoms with E-state index in [0.29, 0.717) is 18.4 Å². The molecule has 7 heteroatoms. The number of amides is 1. The number of nitrogens with zero attached hydrogens (tertiary/aromatic N) is 2. The number of anilines is 4. The van der Waals surface area contributed by atoms with Crippen LogP contribution in [-0.2, 0) is 9.53 Å². The van der Waals surface area contributed by atoms with Gasteiger partial charge in [0.15, 0.2) is 0 Å². The topological polar surface area (TPSA) is 88.2 Å². The van der Waals surface area contributed by atoms with Gasteiger partial charge in [0.25, 0.3) is 0 Å². The minimum absolute atomic E-state index is 0.0919. The van der Waals surface area contributed by atoms with E-state index in [1.54, 1.807) is 19.4 Å². The molecule has 122 valence electrons. The quantitative estimate of drug-likeness (QED) is 0.649. The maximum absolute atomic E-state index is 11.0. The smallest absolute Gasteiger partial charge is 0.224 e. The molecule has 0 atom stereocenters. The number of benzene rings is 1. The van der Waals surface area contributed by atoms with Crippen LogP contribution in [0.3, 0.4) is 0 Å². The third-order valence-corrected chi connectivity index (χ3v) is 2.94. The highest BCUT2D eigenvalue weighted by Crippen LogP contribution is 2.18. The van der Waals surface area contributed by atoms with Gasteiger partial charge in [0.1, 0.15) is 5.82 Å². The Labute approximate surface area is 135 Å². The fourth-order valence-corrected chi connectivity index (χ4v) is 1.92. The van der Waals surface area contributed by atoms with Gasteiger partial charge in [-0.2, -0.15) is 4.98 Å². The lowest BCUT2D eigenvalue weighted by Gasteiger charge is -2.09. The summed E-state index contributed by atoms with van der Waals surface area (Å²) in [4.78, 5) is 19.6. The van der Waals surface area contributed by atoms with Crippen LogP contribution in [0.25, 0.3) is 0 Å². The number of hydrogen-bond acceptors (Lipinski definition) is 6. The van der Waals surface area contributed by atoms with Gasteiger partial charge in [0, 0.05) is 44.8 Å². The molecule has 3 N–H and O–H groups in total. The molecule has 23 heavy (non-hydrogen) atoms. The molecule has 0 bridgehead atoms. The van der Waals surface area contributed by atoms with Gasteiger partial charge in [-0.05, 0) is 36.8 Å². The van der Waals surface area contributed by atoms with Crippen LogP contribution >= 0.6 is 0 Å². The fraction of sp³-hybridized carbons (Fsp3) is 0.312. The standard InChI is InChI=1S/C16H21N5O2/c1-12(22)19-13-4-6-14(7-5-13)20-15-8-10-18-16(21-15)17-9-3-11-23-2/h4-8,10H,3,9,11H2,1-2H3,(H,19,22)(H2,17,18,20,21). The van der Waals surface area contributed by atoms with Gasteiger partial charge in [0.05, 0.1) is 0 Å². The van der Waals surface area contributed by atoms with E-state index in [9.17, 15) is 4.79 Å². The van der Waals surface area contributed by atoms with Crippen molar-refractivity contribution in [2.45, 2.75) is 13.3 Å². The second-order valence-corrected chi connectivity index (χ2v) is 4.92. The molecular formula is C16H21N5O2. The molecule has 0 fully saturated rings. The molecule has 0 aliphatic heterocycles. The van der Waals surface area contributed by atoms with Gasteiger partial charge in [0.2, 0.25) is 11.9 Å². The van der Waals surface area contributed by atoms with Crippen LogP contribution in [0.2, 0.25) is 0 Å². The molecule has 0 aliphatic carbocycles. The maximum Gasteiger partial charge on any atom is 0.224 e. The van der Waals surface area contributed by atoms with Crippen LogP contribution in [0.1, 0.15) is 13.3 Å². The van der Waals surface area contributed by atoms with E-state index in [2.05, 4.69) is 25.9 Å². The SMILES string of the molecule is COCCCNc1nccc(Nc2ccc(NC(C)=O)cc2)n1. The van der Waals surface area contributed by atoms with Crippen molar-refractivity contribution < 1.29 is 9.53 Å². The van der Waals surface area contributed by atoms with Gasteiger partial charge in [-0.15, -0.1) is 0 Å². The van der Waals surface area contributed by atoms with E-state index < -0.39 is 0 Å². The van der Waals surface area contributed by atoms with Crippen LogP contribution in [0, 0.1) is 0 Å². The van der Waals surface area contributed by atoms with E-state index >= 15 is 0 Å². The van der Waals surface area contributed by atoms with Gasteiger partial charge in [-0.3, -0.25) is 4.79 Å². The number of carbonyl (C=O) groups is 1. The molecule has 0 saturated carbocycles. The van der Waals surface area contributed by atoms with Crippen molar-refractivity contribution in [1.82, 2.24) is 9.97 Å². The van der Waals surface area contributed by atoms with Gasteiger partial charge < -0.3 is 20.7 Å². The Bertz CT molecular complexity index is 631. The number of nitrogens with one attached hydrogen (secondary N) is 3. The van der Waals surface area contributed by atoms with Crippen molar-refractivity contribution in [2.75, 3.05) is 36.2 Å². The van der Waals surface area contributed by atoms with Crippen LogP contribution in [0.4, 0.5) is 23.1 Å². The first-order valence-corrected chi connectivity index (χ1v) is 7.38. The Morgan fingerprint density at radius 1 is 1.17 bits per heavy atom. The Kier molecular flexibility index (Phi) is 6.31. The summed E-state index contributed by atoms with van der Waals surface area (Å²) in [6.45, 7) is 2.93. The third-order valence-electron chi connectivity index (χ3n) is 2.94. The van der Waals surface area contributed by atoms with E-state index in [1.165, 1.54) is 6.92 Å². The summed E-state index contributed by atoms with van der Waals surface area (Å²) in [5.74, 6) is 1.17. The lowest BCUT2D eigenvalue weighted by atomic mass is 10.2. The van der Waals surface area contributed by atoms with Gasteiger partial charge in [-0.25, -0.2) is 4.98 Å². The molecule has 1 amide bonds. The van der Waals surface area contributed by atoms with Crippen LogP contribution in [0.5, 0.6) is 0 Å². The predicted octanol–water partition coefficient (Wildman–Crippen LogP) is 2.63. The zero-order chi connectivity index (χ0) is 16.5. The van der Waals surface area contributed by atoms with Crippen molar-refractivity contribution in [3.63, 3.8) is 0 Å². The monoisotopic (exact) mass is 315 g/mol. The zero-order valence-electron chi connectivity index (χ0n) is 13.3. The normalized spacial score (nSPS) is 10.2. The molecule has 0 spiro atoms. The van der Waals surface area contributed by atoms with Gasteiger partial charge in [-0.1, -0.05) is 0 Å². The van der Waals surface area contributed by atoms with Crippen molar-refractivity contribution in [3.05, 3.63) is 36.5 Å². The minimum atomic E-state index is -0.0919. The molecule has 0 unspecified atom stereocenters. The summed E-state index contributed by atoms with van der Waals surface area (Å²) in [5.41, 5.74) is 1.63. The number of methoxy groups -OCH3 is 1.